The van der Waals surface area contributed by atoms with Gasteiger partial charge < -0.3 is 10.1 Å². The lowest BCUT2D eigenvalue weighted by atomic mass is 10.1. The summed E-state index contributed by atoms with van der Waals surface area (Å²) in [6.45, 7) is 7.54. The quantitative estimate of drug-likeness (QED) is 0.221. The maximum atomic E-state index is 11.5. The van der Waals surface area contributed by atoms with Crippen LogP contribution in [-0.2, 0) is 9.53 Å². The third-order valence-corrected chi connectivity index (χ3v) is 3.97. The number of thioether (sulfide) groups is 1. The number of ether oxygens (including phenoxy) is 1. The van der Waals surface area contributed by atoms with Crippen molar-refractivity contribution in [2.24, 2.45) is 0 Å². The second-order valence-electron chi connectivity index (χ2n) is 4.99. The highest BCUT2D eigenvalue weighted by Crippen LogP contribution is 2.11. The van der Waals surface area contributed by atoms with Crippen molar-refractivity contribution in [2.75, 3.05) is 18.9 Å². The first-order chi connectivity index (χ1) is 10.7. The Labute approximate surface area is 138 Å². The molecule has 22 heavy (non-hydrogen) atoms. The molecule has 0 spiro atoms. The molecular formula is C17H29NO3S. The fraction of sp³-hybridized carbons (Fsp3) is 0.647. The van der Waals surface area contributed by atoms with Gasteiger partial charge in [-0.25, -0.2) is 4.79 Å². The second kappa shape index (κ2) is 16.1. The van der Waals surface area contributed by atoms with Crippen molar-refractivity contribution in [3.8, 4) is 0 Å². The first kappa shape index (κ1) is 20.8. The molecule has 0 aromatic rings. The van der Waals surface area contributed by atoms with E-state index in [0.717, 1.165) is 24.7 Å². The molecule has 0 unspecified atom stereocenters. The molecule has 0 saturated carbocycles. The minimum absolute atomic E-state index is 0.0564. The Morgan fingerprint density at radius 3 is 2.27 bits per heavy atom. The van der Waals surface area contributed by atoms with Crippen LogP contribution in [0.4, 0.5) is 4.79 Å². The maximum absolute atomic E-state index is 11.5. The first-order valence-corrected chi connectivity index (χ1v) is 9.00. The molecule has 0 fully saturated rings. The number of amides is 1. The number of allylic oxidation sites excluding steroid dienone is 1. The van der Waals surface area contributed by atoms with E-state index >= 15 is 0 Å². The second-order valence-corrected chi connectivity index (χ2v) is 6.05. The molecule has 0 aromatic heterocycles. The van der Waals surface area contributed by atoms with Crippen molar-refractivity contribution in [1.82, 2.24) is 5.32 Å². The van der Waals surface area contributed by atoms with Crippen LogP contribution < -0.4 is 5.32 Å². The molecule has 5 heteroatoms. The first-order valence-electron chi connectivity index (χ1n) is 8.01. The van der Waals surface area contributed by atoms with Gasteiger partial charge in [0.2, 0.25) is 0 Å². The highest BCUT2D eigenvalue weighted by molar-refractivity contribution is 8.13. The summed E-state index contributed by atoms with van der Waals surface area (Å²) in [5.74, 6) is 0.376. The number of hydrogen-bond donors (Lipinski definition) is 1. The van der Waals surface area contributed by atoms with Crippen LogP contribution in [0.25, 0.3) is 0 Å². The Morgan fingerprint density at radius 2 is 1.64 bits per heavy atom. The molecule has 1 N–H and O–H groups in total. The van der Waals surface area contributed by atoms with Crippen LogP contribution in [0.5, 0.6) is 0 Å². The third-order valence-electron chi connectivity index (χ3n) is 3.07. The Balaban J connectivity index is 3.23. The van der Waals surface area contributed by atoms with Crippen molar-refractivity contribution in [2.45, 2.75) is 51.4 Å². The standard InChI is InChI=1S/C17H29NO3S/c1-3-5-6-7-8-9-10-11-12-15-22-17(20)18-13-14-21-16(19)4-2/h3-4H,1-2,5-15H2,(H,18,20). The summed E-state index contributed by atoms with van der Waals surface area (Å²) in [5.41, 5.74) is 0. The van der Waals surface area contributed by atoms with Crippen LogP contribution in [0.2, 0.25) is 0 Å². The van der Waals surface area contributed by atoms with E-state index in [4.69, 9.17) is 4.74 Å². The number of nitrogens with one attached hydrogen (secondary N) is 1. The monoisotopic (exact) mass is 327 g/mol. The Kier molecular flexibility index (Phi) is 15.2. The average Bonchev–Trinajstić information content (AvgIpc) is 2.53. The van der Waals surface area contributed by atoms with Crippen LogP contribution in [0.15, 0.2) is 25.3 Å². The summed E-state index contributed by atoms with van der Waals surface area (Å²) in [7, 11) is 0. The molecule has 0 aliphatic heterocycles. The fourth-order valence-corrected chi connectivity index (χ4v) is 2.59. The van der Waals surface area contributed by atoms with E-state index in [1.807, 2.05) is 6.08 Å². The predicted octanol–water partition coefficient (Wildman–Crippen LogP) is 4.47. The van der Waals surface area contributed by atoms with E-state index in [1.165, 1.54) is 50.3 Å². The molecule has 0 aliphatic rings. The SMILES string of the molecule is C=CCCCCCCCCCSC(=O)NCCOC(=O)C=C. The summed E-state index contributed by atoms with van der Waals surface area (Å²) >= 11 is 1.29. The lowest BCUT2D eigenvalue weighted by Gasteiger charge is -2.05. The van der Waals surface area contributed by atoms with Gasteiger partial charge in [0, 0.05) is 11.8 Å². The van der Waals surface area contributed by atoms with E-state index in [-0.39, 0.29) is 11.8 Å². The van der Waals surface area contributed by atoms with Crippen molar-refractivity contribution in [1.29, 1.82) is 0 Å². The van der Waals surface area contributed by atoms with E-state index < -0.39 is 5.97 Å². The van der Waals surface area contributed by atoms with Gasteiger partial charge in [-0.1, -0.05) is 56.5 Å². The number of carbonyl (C=O) groups is 2. The Hall–Kier alpha value is -1.23. The van der Waals surface area contributed by atoms with Crippen molar-refractivity contribution in [3.63, 3.8) is 0 Å². The lowest BCUT2D eigenvalue weighted by Crippen LogP contribution is -2.24. The summed E-state index contributed by atoms with van der Waals surface area (Å²) in [4.78, 5) is 22.2. The number of hydrogen-bond acceptors (Lipinski definition) is 4. The van der Waals surface area contributed by atoms with Gasteiger partial charge in [0.15, 0.2) is 0 Å². The van der Waals surface area contributed by atoms with E-state index in [2.05, 4.69) is 18.5 Å². The molecule has 0 aromatic carbocycles. The molecule has 0 aliphatic carbocycles. The molecule has 0 saturated heterocycles. The lowest BCUT2D eigenvalue weighted by molar-refractivity contribution is -0.137. The Bertz CT molecular complexity index is 332. The van der Waals surface area contributed by atoms with Crippen LogP contribution in [0, 0.1) is 0 Å². The summed E-state index contributed by atoms with van der Waals surface area (Å²) < 4.78 is 4.76. The maximum Gasteiger partial charge on any atom is 0.330 e. The minimum Gasteiger partial charge on any atom is -0.461 e. The van der Waals surface area contributed by atoms with Crippen LogP contribution in [0.1, 0.15) is 51.4 Å². The zero-order chi connectivity index (χ0) is 16.5. The van der Waals surface area contributed by atoms with Crippen LogP contribution >= 0.6 is 11.8 Å². The van der Waals surface area contributed by atoms with Crippen molar-refractivity contribution >= 4 is 23.0 Å². The summed E-state index contributed by atoms with van der Waals surface area (Å²) in [5, 5.41) is 2.64. The smallest absolute Gasteiger partial charge is 0.330 e. The van der Waals surface area contributed by atoms with Gasteiger partial charge in [-0.3, -0.25) is 4.79 Å². The van der Waals surface area contributed by atoms with Crippen LogP contribution in [0.3, 0.4) is 0 Å². The third kappa shape index (κ3) is 15.2. The van der Waals surface area contributed by atoms with Crippen molar-refractivity contribution in [3.05, 3.63) is 25.3 Å². The molecule has 0 radical (unpaired) electrons. The zero-order valence-electron chi connectivity index (χ0n) is 13.5. The van der Waals surface area contributed by atoms with Crippen molar-refractivity contribution < 1.29 is 14.3 Å². The van der Waals surface area contributed by atoms with E-state index in [1.54, 1.807) is 0 Å². The topological polar surface area (TPSA) is 55.4 Å². The molecule has 0 atom stereocenters. The molecule has 4 nitrogen and oxygen atoms in total. The molecule has 0 heterocycles. The highest BCUT2D eigenvalue weighted by Gasteiger charge is 2.02. The van der Waals surface area contributed by atoms with Gasteiger partial charge in [-0.15, -0.1) is 6.58 Å². The number of carbonyl (C=O) groups excluding carboxylic acids is 2. The van der Waals surface area contributed by atoms with E-state index in [0.29, 0.717) is 6.54 Å². The zero-order valence-corrected chi connectivity index (χ0v) is 14.3. The Morgan fingerprint density at radius 1 is 1.00 bits per heavy atom. The summed E-state index contributed by atoms with van der Waals surface area (Å²) in [6.07, 6.45) is 12.8. The van der Waals surface area contributed by atoms with E-state index in [9.17, 15) is 9.59 Å². The number of rotatable bonds is 14. The minimum atomic E-state index is -0.466. The number of unbranched alkanes of at least 4 members (excludes halogenated alkanes) is 7. The molecular weight excluding hydrogens is 298 g/mol. The summed E-state index contributed by atoms with van der Waals surface area (Å²) in [6, 6.07) is 0. The number of esters is 1. The molecule has 0 rings (SSSR count). The van der Waals surface area contributed by atoms with Gasteiger partial charge in [-0.05, 0) is 19.3 Å². The predicted molar refractivity (Wildman–Crippen MR) is 94.1 cm³/mol. The highest BCUT2D eigenvalue weighted by atomic mass is 32.2. The molecule has 126 valence electrons. The molecule has 0 bridgehead atoms. The van der Waals surface area contributed by atoms with Gasteiger partial charge in [-0.2, -0.15) is 0 Å². The molecule has 1 amide bonds. The van der Waals surface area contributed by atoms with Gasteiger partial charge in [0.1, 0.15) is 6.61 Å². The van der Waals surface area contributed by atoms with Gasteiger partial charge >= 0.3 is 5.97 Å². The van der Waals surface area contributed by atoms with Gasteiger partial charge in [0.05, 0.1) is 6.54 Å². The van der Waals surface area contributed by atoms with Crippen LogP contribution in [-0.4, -0.2) is 30.1 Å². The van der Waals surface area contributed by atoms with Gasteiger partial charge in [0.25, 0.3) is 5.24 Å². The normalized spacial score (nSPS) is 10.0. The largest absolute Gasteiger partial charge is 0.461 e. The average molecular weight is 327 g/mol. The fourth-order valence-electron chi connectivity index (χ4n) is 1.85.